The third kappa shape index (κ3) is 6.82. The number of aromatic nitrogens is 7. The quantitative estimate of drug-likeness (QED) is 0.236. The fourth-order valence-corrected chi connectivity index (χ4v) is 5.39. The molecule has 206 valence electrons. The molecule has 0 atom stereocenters. The highest BCUT2D eigenvalue weighted by atomic mass is 32.1. The minimum Gasteiger partial charge on any atom is -0.379 e. The van der Waals surface area contributed by atoms with Crippen molar-refractivity contribution in [2.75, 3.05) is 11.9 Å². The molecule has 0 aromatic carbocycles. The Morgan fingerprint density at radius 2 is 1.97 bits per heavy atom. The molecule has 14 nitrogen and oxygen atoms in total. The van der Waals surface area contributed by atoms with Gasteiger partial charge in [0.2, 0.25) is 0 Å². The van der Waals surface area contributed by atoms with E-state index in [4.69, 9.17) is 19.6 Å². The number of carbonyl (C=O) groups is 1. The Morgan fingerprint density at radius 1 is 1.21 bits per heavy atom. The van der Waals surface area contributed by atoms with Crippen LogP contribution in [0.25, 0.3) is 22.1 Å². The second-order valence-corrected chi connectivity index (χ2v) is 10.9. The topological polar surface area (TPSA) is 179 Å². The van der Waals surface area contributed by atoms with Gasteiger partial charge in [-0.05, 0) is 38.7 Å². The molecule has 1 aliphatic carbocycles. The highest BCUT2D eigenvalue weighted by Gasteiger charge is 2.26. The van der Waals surface area contributed by atoms with E-state index in [1.807, 2.05) is 17.8 Å². The zero-order valence-corrected chi connectivity index (χ0v) is 22.7. The summed E-state index contributed by atoms with van der Waals surface area (Å²) in [6.07, 6.45) is 12.0. The third-order valence-electron chi connectivity index (χ3n) is 6.15. The van der Waals surface area contributed by atoms with Gasteiger partial charge in [-0.2, -0.15) is 10.2 Å². The summed E-state index contributed by atoms with van der Waals surface area (Å²) in [6.45, 7) is 2.28. The summed E-state index contributed by atoms with van der Waals surface area (Å²) in [4.78, 5) is 43.9. The summed E-state index contributed by atoms with van der Waals surface area (Å²) < 4.78 is 24.2. The van der Waals surface area contributed by atoms with Crippen molar-refractivity contribution >= 4 is 30.8 Å². The number of phosphoric ester groups is 1. The Balaban J connectivity index is 1.32. The molecule has 39 heavy (non-hydrogen) atoms. The fraction of sp³-hybridized carbons (Fsp3) is 0.391. The first-order valence-corrected chi connectivity index (χ1v) is 14.7. The second-order valence-electron chi connectivity index (χ2n) is 8.84. The maximum absolute atomic E-state index is 13.2. The molecule has 0 aliphatic heterocycles. The molecule has 16 heteroatoms. The van der Waals surface area contributed by atoms with Crippen LogP contribution >= 0.6 is 19.2 Å². The minimum absolute atomic E-state index is 0.173. The predicted octanol–water partition coefficient (Wildman–Crippen LogP) is 3.50. The summed E-state index contributed by atoms with van der Waals surface area (Å²) in [5.74, 6) is -0.0232. The monoisotopic (exact) mass is 574 g/mol. The molecule has 1 fully saturated rings. The summed E-state index contributed by atoms with van der Waals surface area (Å²) in [6, 6.07) is 1.89. The van der Waals surface area contributed by atoms with Crippen molar-refractivity contribution in [2.24, 2.45) is 0 Å². The highest BCUT2D eigenvalue weighted by Crippen LogP contribution is 2.36. The largest absolute Gasteiger partial charge is 0.471 e. The van der Waals surface area contributed by atoms with E-state index in [-0.39, 0.29) is 17.8 Å². The molecule has 1 amide bonds. The Morgan fingerprint density at radius 3 is 2.69 bits per heavy atom. The van der Waals surface area contributed by atoms with Gasteiger partial charge in [0.15, 0.2) is 18.2 Å². The van der Waals surface area contributed by atoms with E-state index in [0.29, 0.717) is 34.4 Å². The van der Waals surface area contributed by atoms with Crippen molar-refractivity contribution in [1.29, 1.82) is 0 Å². The zero-order valence-electron chi connectivity index (χ0n) is 21.0. The summed E-state index contributed by atoms with van der Waals surface area (Å²) in [5, 5.41) is 13.8. The first kappa shape index (κ1) is 27.2. The lowest BCUT2D eigenvalue weighted by molar-refractivity contribution is 0.0260. The number of anilines is 1. The number of carbonyl (C=O) groups excluding carboxylic acids is 1. The summed E-state index contributed by atoms with van der Waals surface area (Å²) in [7, 11) is -4.62. The van der Waals surface area contributed by atoms with Crippen LogP contribution in [0.5, 0.6) is 0 Å². The number of thiazole rings is 1. The van der Waals surface area contributed by atoms with Gasteiger partial charge in [-0.1, -0.05) is 0 Å². The Hall–Kier alpha value is -3.33. The van der Waals surface area contributed by atoms with Gasteiger partial charge in [0, 0.05) is 42.3 Å². The molecular weight excluding hydrogens is 547 g/mol. The number of phosphoric acid groups is 1. The number of nitrogens with zero attached hydrogens (tertiary/aromatic N) is 7. The van der Waals surface area contributed by atoms with Crippen LogP contribution in [0.15, 0.2) is 42.4 Å². The Bertz CT molecular complexity index is 1460. The van der Waals surface area contributed by atoms with Crippen molar-refractivity contribution < 1.29 is 28.4 Å². The molecule has 0 bridgehead atoms. The Labute approximate surface area is 227 Å². The SMILES string of the molecule is CCOC1CCC(n2cc(NC(=O)c3csc(-c4cnn(COP(=O)(O)O)c4)n3)c(-c3ncccn3)n2)CC1. The number of rotatable bonds is 10. The van der Waals surface area contributed by atoms with Crippen LogP contribution in [-0.2, 0) is 20.6 Å². The van der Waals surface area contributed by atoms with E-state index < -0.39 is 20.5 Å². The van der Waals surface area contributed by atoms with Gasteiger partial charge < -0.3 is 19.8 Å². The van der Waals surface area contributed by atoms with E-state index in [1.54, 1.807) is 23.8 Å². The van der Waals surface area contributed by atoms with E-state index in [9.17, 15) is 9.36 Å². The number of ether oxygens (including phenoxy) is 1. The van der Waals surface area contributed by atoms with Gasteiger partial charge in [0.25, 0.3) is 5.91 Å². The van der Waals surface area contributed by atoms with Crippen molar-refractivity contribution in [3.63, 3.8) is 0 Å². The van der Waals surface area contributed by atoms with E-state index in [1.165, 1.54) is 28.4 Å². The number of nitrogens with one attached hydrogen (secondary N) is 1. The molecule has 1 aliphatic rings. The molecule has 4 heterocycles. The molecule has 0 unspecified atom stereocenters. The van der Waals surface area contributed by atoms with Gasteiger partial charge in [-0.25, -0.2) is 24.2 Å². The van der Waals surface area contributed by atoms with Crippen molar-refractivity contribution in [3.8, 4) is 22.1 Å². The number of amides is 1. The molecule has 4 aromatic rings. The lowest BCUT2D eigenvalue weighted by Crippen LogP contribution is -2.24. The van der Waals surface area contributed by atoms with Gasteiger partial charge in [0.1, 0.15) is 10.7 Å². The number of hydrogen-bond donors (Lipinski definition) is 3. The minimum atomic E-state index is -4.62. The van der Waals surface area contributed by atoms with Crippen LogP contribution in [0.4, 0.5) is 5.69 Å². The second kappa shape index (κ2) is 11.8. The Kier molecular flexibility index (Phi) is 8.26. The average molecular weight is 575 g/mol. The van der Waals surface area contributed by atoms with Crippen LogP contribution in [0.2, 0.25) is 0 Å². The zero-order chi connectivity index (χ0) is 27.4. The van der Waals surface area contributed by atoms with E-state index >= 15 is 0 Å². The third-order valence-corrected chi connectivity index (χ3v) is 7.50. The molecule has 0 spiro atoms. The van der Waals surface area contributed by atoms with Gasteiger partial charge in [0.05, 0.1) is 24.0 Å². The molecule has 0 saturated heterocycles. The average Bonchev–Trinajstić information content (AvgIpc) is 3.68. The molecular formula is C23H27N8O6PS. The molecule has 1 saturated carbocycles. The molecule has 4 aromatic heterocycles. The van der Waals surface area contributed by atoms with Crippen molar-refractivity contribution in [1.82, 2.24) is 34.5 Å². The van der Waals surface area contributed by atoms with Crippen molar-refractivity contribution in [2.45, 2.75) is 51.5 Å². The molecule has 3 N–H and O–H groups in total. The lowest BCUT2D eigenvalue weighted by Gasteiger charge is -2.28. The van der Waals surface area contributed by atoms with Crippen LogP contribution in [0.3, 0.4) is 0 Å². The number of hydrogen-bond acceptors (Lipinski definition) is 10. The van der Waals surface area contributed by atoms with Crippen LogP contribution in [-0.4, -0.2) is 62.9 Å². The summed E-state index contributed by atoms with van der Waals surface area (Å²) >= 11 is 1.23. The van der Waals surface area contributed by atoms with Gasteiger partial charge >= 0.3 is 7.82 Å². The van der Waals surface area contributed by atoms with Crippen molar-refractivity contribution in [3.05, 3.63) is 48.1 Å². The summed E-state index contributed by atoms with van der Waals surface area (Å²) in [5.41, 5.74) is 1.72. The smallest absolute Gasteiger partial charge is 0.379 e. The first-order chi connectivity index (χ1) is 18.8. The molecule has 5 rings (SSSR count). The normalized spacial score (nSPS) is 17.8. The van der Waals surface area contributed by atoms with E-state index in [2.05, 4.69) is 29.9 Å². The maximum atomic E-state index is 13.2. The highest BCUT2D eigenvalue weighted by molar-refractivity contribution is 7.46. The van der Waals surface area contributed by atoms with Crippen LogP contribution in [0, 0.1) is 0 Å². The maximum Gasteiger partial charge on any atom is 0.471 e. The first-order valence-electron chi connectivity index (χ1n) is 12.3. The standard InChI is InChI=1S/C23H27N8O6PS/c1-2-36-17-6-4-16(5-7-17)31-12-18(20(29-31)21-24-8-3-9-25-21)27-22(32)19-13-39-23(28-19)15-10-26-30(11-15)14-37-38(33,34)35/h3,8-13,16-17H,2,4-7,14H2,1H3,(H,27,32)(H2,33,34,35). The molecule has 0 radical (unpaired) electrons. The lowest BCUT2D eigenvalue weighted by atomic mass is 9.93. The predicted molar refractivity (Wildman–Crippen MR) is 141 cm³/mol. The van der Waals surface area contributed by atoms with E-state index in [0.717, 1.165) is 25.7 Å². The van der Waals surface area contributed by atoms with Gasteiger partial charge in [-0.3, -0.25) is 14.0 Å². The van der Waals surface area contributed by atoms with Gasteiger partial charge in [-0.15, -0.1) is 11.3 Å². The van der Waals surface area contributed by atoms with Crippen LogP contribution in [0.1, 0.15) is 49.1 Å². The fourth-order valence-electron chi connectivity index (χ4n) is 4.34. The van der Waals surface area contributed by atoms with Crippen LogP contribution < -0.4 is 5.32 Å².